The van der Waals surface area contributed by atoms with E-state index in [1.165, 1.54) is 0 Å². The van der Waals surface area contributed by atoms with E-state index < -0.39 is 0 Å². The SMILES string of the molecule is N#CCOc1ccc(CNCCO)cc1. The van der Waals surface area contributed by atoms with Gasteiger partial charge in [0.15, 0.2) is 6.61 Å². The molecule has 0 fully saturated rings. The zero-order valence-electron chi connectivity index (χ0n) is 8.44. The summed E-state index contributed by atoms with van der Waals surface area (Å²) in [6.45, 7) is 1.53. The van der Waals surface area contributed by atoms with Crippen LogP contribution in [0, 0.1) is 11.3 Å². The largest absolute Gasteiger partial charge is 0.479 e. The molecule has 4 nitrogen and oxygen atoms in total. The van der Waals surface area contributed by atoms with Crippen LogP contribution in [-0.2, 0) is 6.54 Å². The molecule has 0 saturated carbocycles. The smallest absolute Gasteiger partial charge is 0.174 e. The highest BCUT2D eigenvalue weighted by atomic mass is 16.5. The van der Waals surface area contributed by atoms with Gasteiger partial charge in [-0.05, 0) is 17.7 Å². The molecule has 0 unspecified atom stereocenters. The van der Waals surface area contributed by atoms with Gasteiger partial charge in [-0.15, -0.1) is 0 Å². The van der Waals surface area contributed by atoms with Crippen molar-refractivity contribution in [1.82, 2.24) is 5.32 Å². The van der Waals surface area contributed by atoms with Gasteiger partial charge in [0.25, 0.3) is 0 Å². The van der Waals surface area contributed by atoms with E-state index in [2.05, 4.69) is 5.32 Å². The fraction of sp³-hybridized carbons (Fsp3) is 0.364. The van der Waals surface area contributed by atoms with Gasteiger partial charge in [-0.25, -0.2) is 0 Å². The van der Waals surface area contributed by atoms with E-state index in [9.17, 15) is 0 Å². The Morgan fingerprint density at radius 1 is 1.33 bits per heavy atom. The summed E-state index contributed by atoms with van der Waals surface area (Å²) in [6.07, 6.45) is 0. The average Bonchev–Trinajstić information content (AvgIpc) is 2.28. The maximum Gasteiger partial charge on any atom is 0.174 e. The van der Waals surface area contributed by atoms with Gasteiger partial charge < -0.3 is 15.2 Å². The molecular formula is C11H14N2O2. The number of ether oxygens (including phenoxy) is 1. The monoisotopic (exact) mass is 206 g/mol. The molecule has 1 aromatic rings. The number of benzene rings is 1. The van der Waals surface area contributed by atoms with Crippen molar-refractivity contribution in [2.45, 2.75) is 6.54 Å². The first-order chi connectivity index (χ1) is 7.36. The van der Waals surface area contributed by atoms with Crippen LogP contribution in [-0.4, -0.2) is 24.9 Å². The van der Waals surface area contributed by atoms with Crippen molar-refractivity contribution in [3.63, 3.8) is 0 Å². The Morgan fingerprint density at radius 2 is 2.07 bits per heavy atom. The topological polar surface area (TPSA) is 65.3 Å². The van der Waals surface area contributed by atoms with Crippen molar-refractivity contribution < 1.29 is 9.84 Å². The van der Waals surface area contributed by atoms with Crippen molar-refractivity contribution in [2.24, 2.45) is 0 Å². The lowest BCUT2D eigenvalue weighted by molar-refractivity contribution is 0.292. The van der Waals surface area contributed by atoms with Crippen LogP contribution in [0.15, 0.2) is 24.3 Å². The molecular weight excluding hydrogens is 192 g/mol. The Hall–Kier alpha value is -1.57. The summed E-state index contributed by atoms with van der Waals surface area (Å²) in [5, 5.41) is 20.0. The van der Waals surface area contributed by atoms with Crippen LogP contribution in [0.5, 0.6) is 5.75 Å². The third kappa shape index (κ3) is 4.45. The predicted octanol–water partition coefficient (Wildman–Crippen LogP) is 0.671. The molecule has 0 saturated heterocycles. The Bertz CT molecular complexity index is 316. The zero-order chi connectivity index (χ0) is 10.9. The van der Waals surface area contributed by atoms with Gasteiger partial charge in [-0.2, -0.15) is 5.26 Å². The van der Waals surface area contributed by atoms with E-state index in [1.807, 2.05) is 30.3 Å². The van der Waals surface area contributed by atoms with Crippen molar-refractivity contribution >= 4 is 0 Å². The first-order valence-electron chi connectivity index (χ1n) is 4.77. The summed E-state index contributed by atoms with van der Waals surface area (Å²) >= 11 is 0. The van der Waals surface area contributed by atoms with Gasteiger partial charge in [0.1, 0.15) is 11.8 Å². The van der Waals surface area contributed by atoms with Crippen molar-refractivity contribution in [3.8, 4) is 11.8 Å². The highest BCUT2D eigenvalue weighted by Gasteiger charge is 1.94. The Balaban J connectivity index is 2.39. The van der Waals surface area contributed by atoms with Gasteiger partial charge in [0.05, 0.1) is 6.61 Å². The molecule has 0 spiro atoms. The van der Waals surface area contributed by atoms with Crippen molar-refractivity contribution in [3.05, 3.63) is 29.8 Å². The van der Waals surface area contributed by atoms with Gasteiger partial charge in [-0.1, -0.05) is 12.1 Å². The number of hydrogen-bond acceptors (Lipinski definition) is 4. The van der Waals surface area contributed by atoms with Gasteiger partial charge in [-0.3, -0.25) is 0 Å². The van der Waals surface area contributed by atoms with E-state index in [4.69, 9.17) is 15.1 Å². The van der Waals surface area contributed by atoms with E-state index in [-0.39, 0.29) is 13.2 Å². The summed E-state index contributed by atoms with van der Waals surface area (Å²) in [6, 6.07) is 9.42. The summed E-state index contributed by atoms with van der Waals surface area (Å²) in [5.41, 5.74) is 1.12. The highest BCUT2D eigenvalue weighted by Crippen LogP contribution is 2.11. The van der Waals surface area contributed by atoms with Crippen LogP contribution in [0.2, 0.25) is 0 Å². The highest BCUT2D eigenvalue weighted by molar-refractivity contribution is 5.27. The molecule has 15 heavy (non-hydrogen) atoms. The minimum absolute atomic E-state index is 0.0715. The number of aliphatic hydroxyl groups excluding tert-OH is 1. The van der Waals surface area contributed by atoms with Crippen molar-refractivity contribution in [2.75, 3.05) is 19.8 Å². The number of rotatable bonds is 6. The molecule has 1 rings (SSSR count). The van der Waals surface area contributed by atoms with Crippen LogP contribution in [0.1, 0.15) is 5.56 Å². The fourth-order valence-corrected chi connectivity index (χ4v) is 1.13. The normalized spacial score (nSPS) is 9.60. The third-order valence-electron chi connectivity index (χ3n) is 1.84. The Kier molecular flexibility index (Phi) is 5.23. The number of aliphatic hydroxyl groups is 1. The van der Waals surface area contributed by atoms with Crippen LogP contribution < -0.4 is 10.1 Å². The quantitative estimate of drug-likeness (QED) is 0.671. The summed E-state index contributed by atoms with van der Waals surface area (Å²) in [7, 11) is 0. The van der Waals surface area contributed by atoms with E-state index in [1.54, 1.807) is 0 Å². The first-order valence-corrected chi connectivity index (χ1v) is 4.77. The third-order valence-corrected chi connectivity index (χ3v) is 1.84. The van der Waals surface area contributed by atoms with E-state index >= 15 is 0 Å². The number of nitriles is 1. The second kappa shape index (κ2) is 6.82. The number of nitrogens with one attached hydrogen (secondary N) is 1. The van der Waals surface area contributed by atoms with Crippen LogP contribution in [0.3, 0.4) is 0 Å². The standard InChI is InChI=1S/C11H14N2O2/c12-5-8-15-11-3-1-10(2-4-11)9-13-6-7-14/h1-4,13-14H,6-9H2. The number of hydrogen-bond donors (Lipinski definition) is 2. The van der Waals surface area contributed by atoms with E-state index in [0.717, 1.165) is 12.1 Å². The second-order valence-electron chi connectivity index (χ2n) is 2.99. The van der Waals surface area contributed by atoms with Crippen LogP contribution in [0.4, 0.5) is 0 Å². The minimum atomic E-state index is 0.0715. The maximum absolute atomic E-state index is 8.57. The fourth-order valence-electron chi connectivity index (χ4n) is 1.13. The predicted molar refractivity (Wildman–Crippen MR) is 56.3 cm³/mol. The van der Waals surface area contributed by atoms with Crippen LogP contribution in [0.25, 0.3) is 0 Å². The summed E-state index contributed by atoms with van der Waals surface area (Å²) < 4.78 is 5.11. The molecule has 2 N–H and O–H groups in total. The van der Waals surface area contributed by atoms with Gasteiger partial charge >= 0.3 is 0 Å². The molecule has 0 amide bonds. The van der Waals surface area contributed by atoms with Crippen LogP contribution >= 0.6 is 0 Å². The zero-order valence-corrected chi connectivity index (χ0v) is 8.44. The summed E-state index contributed by atoms with van der Waals surface area (Å²) in [5.74, 6) is 0.697. The molecule has 0 heterocycles. The minimum Gasteiger partial charge on any atom is -0.479 e. The molecule has 4 heteroatoms. The molecule has 0 aliphatic heterocycles. The lowest BCUT2D eigenvalue weighted by Gasteiger charge is -2.04. The molecule has 0 aliphatic rings. The number of nitrogens with zero attached hydrogens (tertiary/aromatic N) is 1. The Morgan fingerprint density at radius 3 is 2.67 bits per heavy atom. The molecule has 0 aromatic heterocycles. The molecule has 0 atom stereocenters. The second-order valence-corrected chi connectivity index (χ2v) is 2.99. The molecule has 0 aliphatic carbocycles. The average molecular weight is 206 g/mol. The Labute approximate surface area is 89.1 Å². The van der Waals surface area contributed by atoms with E-state index in [0.29, 0.717) is 12.3 Å². The molecule has 1 aromatic carbocycles. The molecule has 0 bridgehead atoms. The molecule has 0 radical (unpaired) electrons. The summed E-state index contributed by atoms with van der Waals surface area (Å²) in [4.78, 5) is 0. The van der Waals surface area contributed by atoms with Gasteiger partial charge in [0.2, 0.25) is 0 Å². The first kappa shape index (κ1) is 11.5. The van der Waals surface area contributed by atoms with Gasteiger partial charge in [0, 0.05) is 13.1 Å². The maximum atomic E-state index is 8.57. The lowest BCUT2D eigenvalue weighted by atomic mass is 10.2. The van der Waals surface area contributed by atoms with Crippen molar-refractivity contribution in [1.29, 1.82) is 5.26 Å². The lowest BCUT2D eigenvalue weighted by Crippen LogP contribution is -2.17. The molecule has 80 valence electrons.